The Kier molecular flexibility index (Phi) is 5.85. The van der Waals surface area contributed by atoms with Crippen LogP contribution in [0, 0.1) is 0 Å². The Hall–Kier alpha value is -4.37. The Morgan fingerprint density at radius 1 is 1.11 bits per heavy atom. The fourth-order valence-corrected chi connectivity index (χ4v) is 5.68. The van der Waals surface area contributed by atoms with Gasteiger partial charge in [-0.3, -0.25) is 19.0 Å². The summed E-state index contributed by atoms with van der Waals surface area (Å²) in [5, 5.41) is 0. The maximum absolute atomic E-state index is 14.0. The Balaban J connectivity index is 1.81. The highest BCUT2D eigenvalue weighted by Crippen LogP contribution is 2.35. The molecule has 1 unspecified atom stereocenters. The third kappa shape index (κ3) is 3.56. The molecule has 2 aliphatic rings. The van der Waals surface area contributed by atoms with Crippen molar-refractivity contribution < 1.29 is 19.1 Å². The molecule has 3 heterocycles. The first-order valence-electron chi connectivity index (χ1n) is 11.2. The van der Waals surface area contributed by atoms with E-state index in [0.29, 0.717) is 27.3 Å². The number of amides is 2. The number of carbonyl (C=O) groups excluding carboxylic acids is 3. The normalized spacial score (nSPS) is 17.9. The van der Waals surface area contributed by atoms with E-state index in [1.54, 1.807) is 31.2 Å². The van der Waals surface area contributed by atoms with E-state index in [0.717, 1.165) is 16.2 Å². The summed E-state index contributed by atoms with van der Waals surface area (Å²) in [6, 6.07) is 15.2. The van der Waals surface area contributed by atoms with Gasteiger partial charge in [0.2, 0.25) is 5.91 Å². The number of esters is 1. The highest BCUT2D eigenvalue weighted by Gasteiger charge is 2.38. The van der Waals surface area contributed by atoms with Gasteiger partial charge in [0, 0.05) is 12.5 Å². The van der Waals surface area contributed by atoms with Crippen LogP contribution >= 0.6 is 11.3 Å². The Morgan fingerprint density at radius 2 is 1.81 bits per heavy atom. The van der Waals surface area contributed by atoms with Crippen molar-refractivity contribution >= 4 is 40.4 Å². The van der Waals surface area contributed by atoms with Crippen molar-refractivity contribution in [1.29, 1.82) is 0 Å². The number of nitrogens with zero attached hydrogens (tertiary/aromatic N) is 3. The number of ether oxygens (including phenoxy) is 1. The molecular weight excluding hydrogens is 478 g/mol. The van der Waals surface area contributed by atoms with E-state index in [-0.39, 0.29) is 22.3 Å². The fraction of sp³-hybridized carbons (Fsp3) is 0.148. The van der Waals surface area contributed by atoms with Gasteiger partial charge >= 0.3 is 5.97 Å². The molecule has 1 atom stereocenters. The number of aromatic nitrogens is 1. The van der Waals surface area contributed by atoms with Crippen LogP contribution in [0.15, 0.2) is 88.3 Å². The van der Waals surface area contributed by atoms with Crippen molar-refractivity contribution in [2.45, 2.75) is 19.9 Å². The first-order valence-corrected chi connectivity index (χ1v) is 12.0. The predicted molar refractivity (Wildman–Crippen MR) is 135 cm³/mol. The summed E-state index contributed by atoms with van der Waals surface area (Å²) < 4.78 is 6.91. The summed E-state index contributed by atoms with van der Waals surface area (Å²) in [6.45, 7) is 6.59. The summed E-state index contributed by atoms with van der Waals surface area (Å²) in [5.41, 5.74) is 1.94. The zero-order valence-corrected chi connectivity index (χ0v) is 20.4. The quantitative estimate of drug-likeness (QED) is 0.405. The monoisotopic (exact) mass is 499 g/mol. The lowest BCUT2D eigenvalue weighted by Gasteiger charge is -2.24. The number of rotatable bonds is 4. The minimum absolute atomic E-state index is 0.0118. The average Bonchev–Trinajstić information content (AvgIpc) is 3.34. The molecule has 1 aromatic heterocycles. The first kappa shape index (κ1) is 23.4. The molecule has 0 saturated heterocycles. The van der Waals surface area contributed by atoms with E-state index in [9.17, 15) is 19.2 Å². The molecule has 0 spiro atoms. The van der Waals surface area contributed by atoms with Crippen molar-refractivity contribution in [2.24, 2.45) is 4.99 Å². The maximum Gasteiger partial charge on any atom is 0.338 e. The molecule has 180 valence electrons. The van der Waals surface area contributed by atoms with Crippen LogP contribution in [-0.2, 0) is 19.1 Å². The Bertz CT molecular complexity index is 1660. The van der Waals surface area contributed by atoms with Gasteiger partial charge in [0.05, 0.1) is 28.6 Å². The van der Waals surface area contributed by atoms with Crippen LogP contribution in [0.25, 0.3) is 5.57 Å². The van der Waals surface area contributed by atoms with Crippen LogP contribution < -0.4 is 19.8 Å². The van der Waals surface area contributed by atoms with Gasteiger partial charge in [0.1, 0.15) is 11.1 Å². The number of para-hydroxylation sites is 1. The molecule has 0 bridgehead atoms. The van der Waals surface area contributed by atoms with E-state index in [4.69, 9.17) is 4.74 Å². The molecule has 5 rings (SSSR count). The zero-order valence-electron chi connectivity index (χ0n) is 19.6. The van der Waals surface area contributed by atoms with Crippen LogP contribution in [0.5, 0.6) is 0 Å². The first-order chi connectivity index (χ1) is 17.3. The summed E-state index contributed by atoms with van der Waals surface area (Å²) >= 11 is 1.06. The third-order valence-corrected chi connectivity index (χ3v) is 7.09. The van der Waals surface area contributed by atoms with Gasteiger partial charge in [-0.25, -0.2) is 14.7 Å². The highest BCUT2D eigenvalue weighted by atomic mass is 32.1. The molecule has 2 aromatic carbocycles. The number of allylic oxidation sites excluding steroid dienone is 1. The van der Waals surface area contributed by atoms with Gasteiger partial charge in [-0.2, -0.15) is 0 Å². The second-order valence-electron chi connectivity index (χ2n) is 8.25. The number of thiazole rings is 1. The summed E-state index contributed by atoms with van der Waals surface area (Å²) in [6.07, 6.45) is 1.46. The van der Waals surface area contributed by atoms with Crippen molar-refractivity contribution in [2.75, 3.05) is 11.5 Å². The summed E-state index contributed by atoms with van der Waals surface area (Å²) in [5.74, 6) is -1.61. The van der Waals surface area contributed by atoms with Crippen LogP contribution in [0.3, 0.4) is 0 Å². The third-order valence-electron chi connectivity index (χ3n) is 6.04. The molecular formula is C27H21N3O5S. The topological polar surface area (TPSA) is 98.0 Å². The number of anilines is 1. The van der Waals surface area contributed by atoms with Crippen molar-refractivity contribution in [3.63, 3.8) is 0 Å². The summed E-state index contributed by atoms with van der Waals surface area (Å²) in [7, 11) is 0. The second kappa shape index (κ2) is 9.01. The number of imide groups is 1. The van der Waals surface area contributed by atoms with Crippen LogP contribution in [0.4, 0.5) is 5.69 Å². The number of hydrogen-bond acceptors (Lipinski definition) is 7. The van der Waals surface area contributed by atoms with E-state index in [1.165, 1.54) is 17.6 Å². The average molecular weight is 500 g/mol. The standard InChI is InChI=1S/C27H21N3O5S/c1-4-14-35-26(34)20-15(2)28-27-30(22(20)17-10-6-5-7-11-17)25(33)23(36-27)21-18-12-8-9-13-19(18)29(16(3)31)24(21)32/h4-13,22H,1,14H2,2-3H3. The molecule has 3 aromatic rings. The van der Waals surface area contributed by atoms with E-state index in [2.05, 4.69) is 11.6 Å². The van der Waals surface area contributed by atoms with E-state index < -0.39 is 29.4 Å². The van der Waals surface area contributed by atoms with E-state index in [1.807, 2.05) is 30.3 Å². The van der Waals surface area contributed by atoms with Gasteiger partial charge in [-0.1, -0.05) is 72.5 Å². The lowest BCUT2D eigenvalue weighted by atomic mass is 9.96. The SMILES string of the molecule is C=CCOC(=O)C1=C(C)N=c2sc(=C3C(=O)N(C(C)=O)c4ccccc43)c(=O)n2C1c1ccccc1. The van der Waals surface area contributed by atoms with Crippen molar-refractivity contribution in [3.8, 4) is 0 Å². The zero-order chi connectivity index (χ0) is 25.6. The van der Waals surface area contributed by atoms with Crippen LogP contribution in [0.2, 0.25) is 0 Å². The lowest BCUT2D eigenvalue weighted by Crippen LogP contribution is -2.41. The molecule has 0 radical (unpaired) electrons. The largest absolute Gasteiger partial charge is 0.458 e. The van der Waals surface area contributed by atoms with E-state index >= 15 is 0 Å². The Morgan fingerprint density at radius 3 is 2.50 bits per heavy atom. The van der Waals surface area contributed by atoms with Gasteiger partial charge < -0.3 is 4.74 Å². The molecule has 9 heteroatoms. The van der Waals surface area contributed by atoms with Crippen LogP contribution in [0.1, 0.15) is 31.0 Å². The Labute approximate surface area is 209 Å². The van der Waals surface area contributed by atoms with Crippen molar-refractivity contribution in [3.05, 3.63) is 109 Å². The summed E-state index contributed by atoms with van der Waals surface area (Å²) in [4.78, 5) is 58.7. The van der Waals surface area contributed by atoms with Crippen molar-refractivity contribution in [1.82, 2.24) is 4.57 Å². The fourth-order valence-electron chi connectivity index (χ4n) is 4.54. The smallest absolute Gasteiger partial charge is 0.338 e. The van der Waals surface area contributed by atoms with Crippen LogP contribution in [-0.4, -0.2) is 29.0 Å². The minimum atomic E-state index is -0.801. The molecule has 36 heavy (non-hydrogen) atoms. The molecule has 8 nitrogen and oxygen atoms in total. The number of fused-ring (bicyclic) bond motifs is 2. The lowest BCUT2D eigenvalue weighted by molar-refractivity contribution is -0.138. The molecule has 0 fully saturated rings. The molecule has 2 amide bonds. The van der Waals surface area contributed by atoms with Gasteiger partial charge in [0.25, 0.3) is 11.5 Å². The minimum Gasteiger partial charge on any atom is -0.458 e. The maximum atomic E-state index is 14.0. The predicted octanol–water partition coefficient (Wildman–Crippen LogP) is 2.23. The molecule has 0 aliphatic carbocycles. The highest BCUT2D eigenvalue weighted by molar-refractivity contribution is 7.07. The number of hydrogen-bond donors (Lipinski definition) is 0. The van der Waals surface area contributed by atoms with Gasteiger partial charge in [-0.05, 0) is 18.6 Å². The molecule has 0 saturated carbocycles. The number of carbonyl (C=O) groups is 3. The molecule has 0 N–H and O–H groups in total. The van der Waals surface area contributed by atoms with Gasteiger partial charge in [-0.15, -0.1) is 0 Å². The van der Waals surface area contributed by atoms with Gasteiger partial charge in [0.15, 0.2) is 4.80 Å². The number of benzene rings is 2. The molecule has 2 aliphatic heterocycles. The second-order valence-corrected chi connectivity index (χ2v) is 9.23.